The molecule has 0 saturated carbocycles. The van der Waals surface area contributed by atoms with E-state index in [4.69, 9.17) is 14.4 Å². The number of rotatable bonds is 6. The zero-order valence-electron chi connectivity index (χ0n) is 34.0. The van der Waals surface area contributed by atoms with Gasteiger partial charge in [-0.25, -0.2) is 9.97 Å². The summed E-state index contributed by atoms with van der Waals surface area (Å²) >= 11 is 0. The van der Waals surface area contributed by atoms with Crippen LogP contribution in [0.15, 0.2) is 223 Å². The van der Waals surface area contributed by atoms with Crippen LogP contribution in [0.1, 0.15) is 0 Å². The first kappa shape index (κ1) is 35.2. The fourth-order valence-corrected chi connectivity index (χ4v) is 9.65. The molecule has 0 atom stereocenters. The van der Waals surface area contributed by atoms with Crippen molar-refractivity contribution in [1.29, 1.82) is 0 Å². The van der Waals surface area contributed by atoms with Crippen LogP contribution >= 0.6 is 0 Å². The molecule has 0 amide bonds. The van der Waals surface area contributed by atoms with E-state index in [2.05, 4.69) is 209 Å². The molecule has 0 aliphatic heterocycles. The molecule has 0 aliphatic carbocycles. The summed E-state index contributed by atoms with van der Waals surface area (Å²) in [5, 5.41) is 6.82. The molecule has 0 bridgehead atoms. The molecule has 0 saturated heterocycles. The SMILES string of the molecule is c1ccc(-c2cc(-c3nc(-c4ccccc4)cc(-c4ccccc4)n3)c3c(c2)oc2cc(-n4c5ccccc5c5cc6c(cc54)c4ccccc4n6-c4ccccc4)ccc23)cc1. The molecule has 0 fully saturated rings. The maximum absolute atomic E-state index is 6.98. The van der Waals surface area contributed by atoms with E-state index in [-0.39, 0.29) is 0 Å². The summed E-state index contributed by atoms with van der Waals surface area (Å²) in [7, 11) is 0. The van der Waals surface area contributed by atoms with Crippen molar-refractivity contribution >= 4 is 65.6 Å². The molecule has 9 aromatic carbocycles. The van der Waals surface area contributed by atoms with Crippen LogP contribution in [-0.4, -0.2) is 19.1 Å². The zero-order chi connectivity index (χ0) is 41.4. The Bertz CT molecular complexity index is 3830. The van der Waals surface area contributed by atoms with Gasteiger partial charge in [-0.15, -0.1) is 0 Å². The van der Waals surface area contributed by atoms with Gasteiger partial charge in [-0.2, -0.15) is 0 Å². The Morgan fingerprint density at radius 2 is 0.825 bits per heavy atom. The smallest absolute Gasteiger partial charge is 0.161 e. The predicted octanol–water partition coefficient (Wildman–Crippen LogP) is 15.2. The maximum atomic E-state index is 6.98. The molecular formula is C58H36N4O. The van der Waals surface area contributed by atoms with Crippen molar-refractivity contribution in [3.05, 3.63) is 218 Å². The molecule has 0 aliphatic rings. The lowest BCUT2D eigenvalue weighted by atomic mass is 9.97. The fraction of sp³-hybridized carbons (Fsp3) is 0. The van der Waals surface area contributed by atoms with E-state index in [1.54, 1.807) is 0 Å². The predicted molar refractivity (Wildman–Crippen MR) is 260 cm³/mol. The molecule has 0 radical (unpaired) electrons. The van der Waals surface area contributed by atoms with Gasteiger partial charge in [0.1, 0.15) is 11.2 Å². The summed E-state index contributed by atoms with van der Waals surface area (Å²) in [6, 6.07) is 77.1. The van der Waals surface area contributed by atoms with E-state index >= 15 is 0 Å². The van der Waals surface area contributed by atoms with E-state index in [9.17, 15) is 0 Å². The second-order valence-electron chi connectivity index (χ2n) is 16.2. The highest BCUT2D eigenvalue weighted by molar-refractivity contribution is 6.19. The second kappa shape index (κ2) is 14.0. The molecule has 5 nitrogen and oxygen atoms in total. The number of fused-ring (bicyclic) bond motifs is 9. The first-order valence-electron chi connectivity index (χ1n) is 21.3. The number of hydrogen-bond donors (Lipinski definition) is 0. The molecule has 4 aromatic heterocycles. The largest absolute Gasteiger partial charge is 0.456 e. The third kappa shape index (κ3) is 5.64. The Morgan fingerprint density at radius 1 is 0.317 bits per heavy atom. The Kier molecular flexibility index (Phi) is 7.84. The highest BCUT2D eigenvalue weighted by atomic mass is 16.3. The minimum atomic E-state index is 0.644. The Balaban J connectivity index is 1.06. The second-order valence-corrected chi connectivity index (χ2v) is 16.2. The molecule has 13 aromatic rings. The van der Waals surface area contributed by atoms with Gasteiger partial charge in [0.25, 0.3) is 0 Å². The molecule has 0 N–H and O–H groups in total. The van der Waals surface area contributed by atoms with Crippen LogP contribution in [0.2, 0.25) is 0 Å². The van der Waals surface area contributed by atoms with Gasteiger partial charge in [0, 0.05) is 66.4 Å². The topological polar surface area (TPSA) is 48.8 Å². The van der Waals surface area contributed by atoms with Crippen LogP contribution in [0, 0.1) is 0 Å². The minimum Gasteiger partial charge on any atom is -0.456 e. The quantitative estimate of drug-likeness (QED) is 0.168. The van der Waals surface area contributed by atoms with Crippen molar-refractivity contribution in [2.45, 2.75) is 0 Å². The summed E-state index contributed by atoms with van der Waals surface area (Å²) in [5.41, 5.74) is 15.2. The average molecular weight is 805 g/mol. The molecule has 0 unspecified atom stereocenters. The number of nitrogens with zero attached hydrogens (tertiary/aromatic N) is 4. The van der Waals surface area contributed by atoms with Gasteiger partial charge >= 0.3 is 0 Å². The van der Waals surface area contributed by atoms with Crippen LogP contribution in [0.3, 0.4) is 0 Å². The molecular weight excluding hydrogens is 769 g/mol. The van der Waals surface area contributed by atoms with Crippen molar-refractivity contribution < 1.29 is 4.42 Å². The Labute approximate surface area is 362 Å². The molecule has 294 valence electrons. The number of hydrogen-bond acceptors (Lipinski definition) is 3. The lowest BCUT2D eigenvalue weighted by molar-refractivity contribution is 0.669. The van der Waals surface area contributed by atoms with Gasteiger partial charge in [0.05, 0.1) is 33.5 Å². The van der Waals surface area contributed by atoms with E-state index < -0.39 is 0 Å². The normalized spacial score (nSPS) is 11.8. The molecule has 5 heteroatoms. The van der Waals surface area contributed by atoms with Crippen LogP contribution in [0.25, 0.3) is 122 Å². The van der Waals surface area contributed by atoms with E-state index in [1.165, 1.54) is 32.6 Å². The first-order chi connectivity index (χ1) is 31.2. The number of benzene rings is 9. The molecule has 13 rings (SSSR count). The van der Waals surface area contributed by atoms with Gasteiger partial charge in [-0.1, -0.05) is 146 Å². The maximum Gasteiger partial charge on any atom is 0.161 e. The van der Waals surface area contributed by atoms with Gasteiger partial charge in [0.15, 0.2) is 5.82 Å². The summed E-state index contributed by atoms with van der Waals surface area (Å²) in [6.45, 7) is 0. The van der Waals surface area contributed by atoms with Crippen molar-refractivity contribution in [2.24, 2.45) is 0 Å². The lowest BCUT2D eigenvalue weighted by Gasteiger charge is -2.12. The molecule has 0 spiro atoms. The third-order valence-corrected chi connectivity index (χ3v) is 12.5. The standard InChI is InChI=1S/C58H36N4O/c1-5-17-37(18-6-1)40-31-48(58-59-49(38-19-7-2-8-20-38)36-50(60-58)39-21-9-3-10-22-39)57-45-30-29-42(33-55(45)63-56(57)32-40)62-52-28-16-14-26-44(52)47-34-53-46(35-54(47)62)43-25-13-15-27-51(43)61(53)41-23-11-4-12-24-41/h1-36H. The van der Waals surface area contributed by atoms with E-state index in [0.29, 0.717) is 5.82 Å². The van der Waals surface area contributed by atoms with Crippen LogP contribution in [-0.2, 0) is 0 Å². The highest BCUT2D eigenvalue weighted by Crippen LogP contribution is 2.43. The van der Waals surface area contributed by atoms with Gasteiger partial charge in [-0.3, -0.25) is 0 Å². The van der Waals surface area contributed by atoms with Crippen molar-refractivity contribution in [3.63, 3.8) is 0 Å². The number of para-hydroxylation sites is 3. The van der Waals surface area contributed by atoms with E-state index in [0.717, 1.165) is 83.6 Å². The van der Waals surface area contributed by atoms with Crippen LogP contribution in [0.4, 0.5) is 0 Å². The summed E-state index contributed by atoms with van der Waals surface area (Å²) < 4.78 is 11.8. The highest BCUT2D eigenvalue weighted by Gasteiger charge is 2.22. The van der Waals surface area contributed by atoms with Crippen molar-refractivity contribution in [3.8, 4) is 56.4 Å². The van der Waals surface area contributed by atoms with Crippen molar-refractivity contribution in [2.75, 3.05) is 0 Å². The first-order valence-corrected chi connectivity index (χ1v) is 21.3. The lowest BCUT2D eigenvalue weighted by Crippen LogP contribution is -1.97. The van der Waals surface area contributed by atoms with Gasteiger partial charge in [0.2, 0.25) is 0 Å². The van der Waals surface area contributed by atoms with E-state index in [1.807, 2.05) is 18.2 Å². The fourth-order valence-electron chi connectivity index (χ4n) is 9.65. The average Bonchev–Trinajstić information content (AvgIpc) is 4.00. The number of furan rings is 1. The Morgan fingerprint density at radius 3 is 1.41 bits per heavy atom. The van der Waals surface area contributed by atoms with Crippen molar-refractivity contribution in [1.82, 2.24) is 19.1 Å². The molecule has 63 heavy (non-hydrogen) atoms. The third-order valence-electron chi connectivity index (χ3n) is 12.5. The van der Waals surface area contributed by atoms with Crippen LogP contribution in [0.5, 0.6) is 0 Å². The summed E-state index contributed by atoms with van der Waals surface area (Å²) in [6.07, 6.45) is 0. The van der Waals surface area contributed by atoms with Crippen LogP contribution < -0.4 is 0 Å². The summed E-state index contributed by atoms with van der Waals surface area (Å²) in [5.74, 6) is 0.644. The minimum absolute atomic E-state index is 0.644. The summed E-state index contributed by atoms with van der Waals surface area (Å²) in [4.78, 5) is 10.6. The van der Waals surface area contributed by atoms with Gasteiger partial charge in [-0.05, 0) is 77.9 Å². The number of aromatic nitrogens is 4. The molecule has 4 heterocycles. The zero-order valence-corrected chi connectivity index (χ0v) is 34.0. The van der Waals surface area contributed by atoms with Gasteiger partial charge < -0.3 is 13.6 Å². The Hall–Kier alpha value is -8.54. The monoisotopic (exact) mass is 804 g/mol.